The molecule has 2 amide bonds. The monoisotopic (exact) mass is 382 g/mol. The van der Waals surface area contributed by atoms with Gasteiger partial charge in [0.2, 0.25) is 11.8 Å². The van der Waals surface area contributed by atoms with Gasteiger partial charge in [0.15, 0.2) is 0 Å². The standard InChI is InChI=1S/C17H20BrFN2O2/c18-14-2-1-3-15(9-14)21-11-13(8-16(21)22)17(23)20-6-4-12(10-19)5-7-20/h1-3,9,12-13H,4-8,10-11H2. The SMILES string of the molecule is O=C(C1CC(=O)N(c2cccc(Br)c2)C1)N1CCC(CF)CC1. The zero-order chi connectivity index (χ0) is 16.4. The molecule has 1 aromatic carbocycles. The molecule has 1 aromatic rings. The summed E-state index contributed by atoms with van der Waals surface area (Å²) in [4.78, 5) is 28.4. The van der Waals surface area contributed by atoms with Gasteiger partial charge in [-0.2, -0.15) is 0 Å². The van der Waals surface area contributed by atoms with Gasteiger partial charge in [0.05, 0.1) is 12.6 Å². The minimum Gasteiger partial charge on any atom is -0.342 e. The molecule has 1 unspecified atom stereocenters. The van der Waals surface area contributed by atoms with Gasteiger partial charge in [-0.1, -0.05) is 22.0 Å². The van der Waals surface area contributed by atoms with Gasteiger partial charge >= 0.3 is 0 Å². The van der Waals surface area contributed by atoms with E-state index in [4.69, 9.17) is 0 Å². The maximum Gasteiger partial charge on any atom is 0.228 e. The van der Waals surface area contributed by atoms with Crippen molar-refractivity contribution in [2.45, 2.75) is 19.3 Å². The number of rotatable bonds is 3. The fourth-order valence-corrected chi connectivity index (χ4v) is 3.72. The number of alkyl halides is 1. The number of amides is 2. The molecule has 0 aromatic heterocycles. The largest absolute Gasteiger partial charge is 0.342 e. The van der Waals surface area contributed by atoms with Gasteiger partial charge in [-0.15, -0.1) is 0 Å². The van der Waals surface area contributed by atoms with Crippen molar-refractivity contribution in [2.24, 2.45) is 11.8 Å². The van der Waals surface area contributed by atoms with Crippen LogP contribution in [-0.4, -0.2) is 43.0 Å². The first-order valence-electron chi connectivity index (χ1n) is 7.99. The molecule has 0 radical (unpaired) electrons. The summed E-state index contributed by atoms with van der Waals surface area (Å²) in [6, 6.07) is 7.55. The first-order valence-corrected chi connectivity index (χ1v) is 8.78. The Balaban J connectivity index is 1.64. The Labute approximate surface area is 143 Å². The van der Waals surface area contributed by atoms with Crippen LogP contribution in [0, 0.1) is 11.8 Å². The molecule has 124 valence electrons. The highest BCUT2D eigenvalue weighted by molar-refractivity contribution is 9.10. The molecule has 2 heterocycles. The summed E-state index contributed by atoms with van der Waals surface area (Å²) in [6.07, 6.45) is 1.70. The number of anilines is 1. The molecule has 2 saturated heterocycles. The lowest BCUT2D eigenvalue weighted by atomic mass is 9.96. The first kappa shape index (κ1) is 16.4. The van der Waals surface area contributed by atoms with Crippen molar-refractivity contribution in [2.75, 3.05) is 31.2 Å². The molecule has 2 aliphatic rings. The van der Waals surface area contributed by atoms with Crippen LogP contribution in [0.1, 0.15) is 19.3 Å². The van der Waals surface area contributed by atoms with Crippen molar-refractivity contribution in [3.8, 4) is 0 Å². The van der Waals surface area contributed by atoms with E-state index < -0.39 is 0 Å². The Morgan fingerprint density at radius 1 is 1.30 bits per heavy atom. The summed E-state index contributed by atoms with van der Waals surface area (Å²) < 4.78 is 13.6. The van der Waals surface area contributed by atoms with E-state index in [1.54, 1.807) is 9.80 Å². The molecule has 0 aliphatic carbocycles. The zero-order valence-corrected chi connectivity index (χ0v) is 14.5. The highest BCUT2D eigenvalue weighted by Gasteiger charge is 2.38. The smallest absolute Gasteiger partial charge is 0.228 e. The first-order chi connectivity index (χ1) is 11.1. The molecule has 2 aliphatic heterocycles. The van der Waals surface area contributed by atoms with Crippen LogP contribution >= 0.6 is 15.9 Å². The molecule has 0 spiro atoms. The minimum absolute atomic E-state index is 0.0138. The molecule has 0 N–H and O–H groups in total. The second-order valence-corrected chi connectivity index (χ2v) is 7.22. The highest BCUT2D eigenvalue weighted by Crippen LogP contribution is 2.29. The molecule has 1 atom stereocenters. The molecule has 6 heteroatoms. The maximum absolute atomic E-state index is 12.7. The van der Waals surface area contributed by atoms with Crippen LogP contribution in [0.15, 0.2) is 28.7 Å². The summed E-state index contributed by atoms with van der Waals surface area (Å²) in [6.45, 7) is 1.34. The summed E-state index contributed by atoms with van der Waals surface area (Å²) in [5, 5.41) is 0. The van der Waals surface area contributed by atoms with Crippen molar-refractivity contribution < 1.29 is 14.0 Å². The number of hydrogen-bond donors (Lipinski definition) is 0. The molecule has 4 nitrogen and oxygen atoms in total. The van der Waals surface area contributed by atoms with E-state index in [0.29, 0.717) is 19.6 Å². The van der Waals surface area contributed by atoms with E-state index in [9.17, 15) is 14.0 Å². The van der Waals surface area contributed by atoms with Crippen LogP contribution in [0.4, 0.5) is 10.1 Å². The Kier molecular flexibility index (Phi) is 4.99. The fraction of sp³-hybridized carbons (Fsp3) is 0.529. The Hall–Kier alpha value is -1.43. The molecule has 2 fully saturated rings. The number of carbonyl (C=O) groups is 2. The van der Waals surface area contributed by atoms with Crippen molar-refractivity contribution in [3.05, 3.63) is 28.7 Å². The van der Waals surface area contributed by atoms with Crippen LogP contribution in [0.25, 0.3) is 0 Å². The van der Waals surface area contributed by atoms with E-state index in [0.717, 1.165) is 23.0 Å². The number of benzene rings is 1. The number of carbonyl (C=O) groups excluding carboxylic acids is 2. The summed E-state index contributed by atoms with van der Waals surface area (Å²) in [5.41, 5.74) is 0.816. The average Bonchev–Trinajstić information content (AvgIpc) is 2.96. The van der Waals surface area contributed by atoms with Gasteiger partial charge < -0.3 is 9.80 Å². The second kappa shape index (κ2) is 6.99. The quantitative estimate of drug-likeness (QED) is 0.805. The van der Waals surface area contributed by atoms with E-state index >= 15 is 0 Å². The van der Waals surface area contributed by atoms with Gasteiger partial charge in [0.1, 0.15) is 0 Å². The number of likely N-dealkylation sites (tertiary alicyclic amines) is 1. The van der Waals surface area contributed by atoms with Gasteiger partial charge in [-0.3, -0.25) is 14.0 Å². The Bertz CT molecular complexity index is 602. The molecule has 23 heavy (non-hydrogen) atoms. The van der Waals surface area contributed by atoms with E-state index in [2.05, 4.69) is 15.9 Å². The Morgan fingerprint density at radius 3 is 2.70 bits per heavy atom. The summed E-state index contributed by atoms with van der Waals surface area (Å²) >= 11 is 3.40. The van der Waals surface area contributed by atoms with Crippen LogP contribution in [0.2, 0.25) is 0 Å². The minimum atomic E-state index is -0.305. The van der Waals surface area contributed by atoms with E-state index in [1.165, 1.54) is 0 Å². The second-order valence-electron chi connectivity index (χ2n) is 6.31. The van der Waals surface area contributed by atoms with Gasteiger partial charge in [0, 0.05) is 36.2 Å². The third kappa shape index (κ3) is 3.57. The number of piperidine rings is 1. The number of nitrogens with zero attached hydrogens (tertiary/aromatic N) is 2. The Morgan fingerprint density at radius 2 is 2.04 bits per heavy atom. The van der Waals surface area contributed by atoms with Gasteiger partial charge in [0.25, 0.3) is 0 Å². The molecular formula is C17H20BrFN2O2. The van der Waals surface area contributed by atoms with Crippen LogP contribution in [0.5, 0.6) is 0 Å². The molecule has 3 rings (SSSR count). The molecular weight excluding hydrogens is 363 g/mol. The predicted octanol–water partition coefficient (Wildman–Crippen LogP) is 3.01. The van der Waals surface area contributed by atoms with Crippen molar-refractivity contribution >= 4 is 33.4 Å². The fourth-order valence-electron chi connectivity index (χ4n) is 3.33. The third-order valence-electron chi connectivity index (χ3n) is 4.74. The van der Waals surface area contributed by atoms with Crippen LogP contribution < -0.4 is 4.90 Å². The van der Waals surface area contributed by atoms with E-state index in [1.807, 2.05) is 24.3 Å². The number of halogens is 2. The third-order valence-corrected chi connectivity index (χ3v) is 5.23. The lowest BCUT2D eigenvalue weighted by Gasteiger charge is -2.32. The van der Waals surface area contributed by atoms with Crippen LogP contribution in [0.3, 0.4) is 0 Å². The van der Waals surface area contributed by atoms with Crippen molar-refractivity contribution in [1.82, 2.24) is 4.90 Å². The van der Waals surface area contributed by atoms with Gasteiger partial charge in [-0.05, 0) is 37.0 Å². The van der Waals surface area contributed by atoms with Gasteiger partial charge in [-0.25, -0.2) is 0 Å². The summed E-state index contributed by atoms with van der Waals surface area (Å²) in [7, 11) is 0. The molecule has 0 saturated carbocycles. The lowest BCUT2D eigenvalue weighted by Crippen LogP contribution is -2.42. The number of hydrogen-bond acceptors (Lipinski definition) is 2. The van der Waals surface area contributed by atoms with E-state index in [-0.39, 0.29) is 36.7 Å². The highest BCUT2D eigenvalue weighted by atomic mass is 79.9. The summed E-state index contributed by atoms with van der Waals surface area (Å²) in [5.74, 6) is -0.181. The topological polar surface area (TPSA) is 40.6 Å². The van der Waals surface area contributed by atoms with Crippen molar-refractivity contribution in [3.63, 3.8) is 0 Å². The van der Waals surface area contributed by atoms with Crippen molar-refractivity contribution in [1.29, 1.82) is 0 Å². The predicted molar refractivity (Wildman–Crippen MR) is 89.9 cm³/mol. The molecule has 0 bridgehead atoms. The lowest BCUT2D eigenvalue weighted by molar-refractivity contribution is -0.137. The normalized spacial score (nSPS) is 22.7. The zero-order valence-electron chi connectivity index (χ0n) is 12.9. The maximum atomic E-state index is 12.7. The van der Waals surface area contributed by atoms with Crippen LogP contribution in [-0.2, 0) is 9.59 Å². The average molecular weight is 383 g/mol.